The minimum atomic E-state index is -0.517. The van der Waals surface area contributed by atoms with Gasteiger partial charge in [-0.25, -0.2) is 4.79 Å². The van der Waals surface area contributed by atoms with E-state index in [1.54, 1.807) is 13.8 Å². The summed E-state index contributed by atoms with van der Waals surface area (Å²) in [5, 5.41) is 0. The molecule has 0 radical (unpaired) electrons. The third kappa shape index (κ3) is 2.59. The van der Waals surface area contributed by atoms with E-state index in [1.165, 1.54) is 22.3 Å². The second-order valence-electron chi connectivity index (χ2n) is 5.36. The third-order valence-electron chi connectivity index (χ3n) is 3.65. The number of carbonyl (C=O) groups is 1. The van der Waals surface area contributed by atoms with E-state index in [4.69, 9.17) is 4.74 Å². The number of fused-ring (bicyclic) bond motifs is 3. The molecule has 0 saturated carbocycles. The zero-order valence-electron chi connectivity index (χ0n) is 12.2. The monoisotopic (exact) mass is 279 g/mol. The van der Waals surface area contributed by atoms with Crippen LogP contribution in [-0.2, 0) is 4.74 Å². The first kappa shape index (κ1) is 13.6. The highest BCUT2D eigenvalue weighted by molar-refractivity contribution is 5.90. The number of nitrogens with zero attached hydrogens (tertiary/aromatic N) is 1. The Kier molecular flexibility index (Phi) is 3.57. The lowest BCUT2D eigenvalue weighted by atomic mass is 9.98. The maximum Gasteiger partial charge on any atom is 0.433 e. The van der Waals surface area contributed by atoms with Crippen molar-refractivity contribution in [3.8, 4) is 11.1 Å². The van der Waals surface area contributed by atoms with Gasteiger partial charge in [-0.05, 0) is 36.1 Å². The van der Waals surface area contributed by atoms with Crippen LogP contribution in [0.4, 0.5) is 4.79 Å². The van der Waals surface area contributed by atoms with E-state index in [0.29, 0.717) is 12.3 Å². The zero-order valence-corrected chi connectivity index (χ0v) is 12.2. The second-order valence-corrected chi connectivity index (χ2v) is 5.36. The summed E-state index contributed by atoms with van der Waals surface area (Å²) >= 11 is 0. The molecule has 0 saturated heterocycles. The number of hydrogen-bond donors (Lipinski definition) is 0. The van der Waals surface area contributed by atoms with Crippen LogP contribution in [0.2, 0.25) is 0 Å². The van der Waals surface area contributed by atoms with E-state index in [1.807, 2.05) is 24.3 Å². The molecule has 0 N–H and O–H groups in total. The van der Waals surface area contributed by atoms with Crippen molar-refractivity contribution >= 4 is 11.8 Å². The molecule has 0 heterocycles. The average molecular weight is 279 g/mol. The van der Waals surface area contributed by atoms with Crippen LogP contribution in [0.5, 0.6) is 0 Å². The van der Waals surface area contributed by atoms with Crippen LogP contribution in [0.3, 0.4) is 0 Å². The fourth-order valence-corrected chi connectivity index (χ4v) is 2.81. The number of carbonyl (C=O) groups excluding carboxylic acids is 1. The maximum absolute atomic E-state index is 11.6. The van der Waals surface area contributed by atoms with Gasteiger partial charge in [-0.3, -0.25) is 0 Å². The first-order valence-corrected chi connectivity index (χ1v) is 7.03. The molecule has 1 aliphatic rings. The van der Waals surface area contributed by atoms with Crippen molar-refractivity contribution in [2.75, 3.05) is 6.61 Å². The predicted octanol–water partition coefficient (Wildman–Crippen LogP) is 4.42. The van der Waals surface area contributed by atoms with Crippen molar-refractivity contribution in [2.45, 2.75) is 19.8 Å². The highest BCUT2D eigenvalue weighted by Gasteiger charge is 2.28. The average Bonchev–Trinajstić information content (AvgIpc) is 2.79. The van der Waals surface area contributed by atoms with E-state index in [-0.39, 0.29) is 5.92 Å². The van der Waals surface area contributed by atoms with Crippen LogP contribution in [0.25, 0.3) is 11.1 Å². The zero-order chi connectivity index (χ0) is 14.8. The number of amides is 1. The van der Waals surface area contributed by atoms with Gasteiger partial charge in [-0.1, -0.05) is 48.5 Å². The maximum atomic E-state index is 11.6. The van der Waals surface area contributed by atoms with Crippen molar-refractivity contribution in [2.24, 2.45) is 4.99 Å². The molecule has 0 spiro atoms. The van der Waals surface area contributed by atoms with E-state index < -0.39 is 6.09 Å². The van der Waals surface area contributed by atoms with Gasteiger partial charge in [-0.15, -0.1) is 0 Å². The van der Waals surface area contributed by atoms with Crippen molar-refractivity contribution in [3.63, 3.8) is 0 Å². The molecule has 3 heteroatoms. The quantitative estimate of drug-likeness (QED) is 0.763. The van der Waals surface area contributed by atoms with E-state index in [2.05, 4.69) is 29.3 Å². The lowest BCUT2D eigenvalue weighted by molar-refractivity contribution is 0.154. The van der Waals surface area contributed by atoms with Crippen molar-refractivity contribution in [1.82, 2.24) is 0 Å². The minimum Gasteiger partial charge on any atom is -0.447 e. The molecule has 0 unspecified atom stereocenters. The standard InChI is InChI=1S/C18H17NO2/c1-12(2)19-18(20)21-11-17-15-9-5-3-7-13(15)14-8-4-6-10-16(14)17/h3-10,17H,11H2,1-2H3. The van der Waals surface area contributed by atoms with Crippen LogP contribution < -0.4 is 0 Å². The number of aliphatic imine (C=N–C) groups is 1. The molecule has 3 nitrogen and oxygen atoms in total. The number of benzene rings is 2. The molecule has 1 amide bonds. The smallest absolute Gasteiger partial charge is 0.433 e. The Labute approximate surface area is 124 Å². The summed E-state index contributed by atoms with van der Waals surface area (Å²) < 4.78 is 5.32. The lowest BCUT2D eigenvalue weighted by Crippen LogP contribution is -2.10. The molecule has 0 atom stereocenters. The third-order valence-corrected chi connectivity index (χ3v) is 3.65. The Morgan fingerprint density at radius 3 is 2.05 bits per heavy atom. The van der Waals surface area contributed by atoms with Gasteiger partial charge in [0.2, 0.25) is 0 Å². The fraction of sp³-hybridized carbons (Fsp3) is 0.222. The van der Waals surface area contributed by atoms with Crippen molar-refractivity contribution < 1.29 is 9.53 Å². The van der Waals surface area contributed by atoms with Gasteiger partial charge in [0, 0.05) is 11.6 Å². The minimum absolute atomic E-state index is 0.0914. The molecular weight excluding hydrogens is 262 g/mol. The molecule has 2 aromatic carbocycles. The van der Waals surface area contributed by atoms with Crippen molar-refractivity contribution in [3.05, 3.63) is 59.7 Å². The number of ether oxygens (including phenoxy) is 1. The summed E-state index contributed by atoms with van der Waals surface area (Å²) in [6, 6.07) is 16.5. The van der Waals surface area contributed by atoms with Crippen LogP contribution in [0.1, 0.15) is 30.9 Å². The highest BCUT2D eigenvalue weighted by Crippen LogP contribution is 2.44. The summed E-state index contributed by atoms with van der Waals surface area (Å²) in [4.78, 5) is 15.4. The van der Waals surface area contributed by atoms with Gasteiger partial charge in [0.05, 0.1) is 0 Å². The molecule has 0 aromatic heterocycles. The SMILES string of the molecule is CC(C)=NC(=O)OCC1c2ccccc2-c2ccccc21. The lowest BCUT2D eigenvalue weighted by Gasteiger charge is -2.12. The van der Waals surface area contributed by atoms with Gasteiger partial charge in [0.15, 0.2) is 0 Å². The Balaban J connectivity index is 1.89. The van der Waals surface area contributed by atoms with Gasteiger partial charge in [-0.2, -0.15) is 4.99 Å². The van der Waals surface area contributed by atoms with E-state index in [0.717, 1.165) is 0 Å². The summed E-state index contributed by atoms with van der Waals surface area (Å²) in [6.07, 6.45) is -0.517. The Bertz CT molecular complexity index is 669. The van der Waals surface area contributed by atoms with Crippen LogP contribution >= 0.6 is 0 Å². The topological polar surface area (TPSA) is 38.7 Å². The summed E-state index contributed by atoms with van der Waals surface area (Å²) in [5.41, 5.74) is 5.58. The Morgan fingerprint density at radius 2 is 1.52 bits per heavy atom. The van der Waals surface area contributed by atoms with Crippen LogP contribution in [0, 0.1) is 0 Å². The molecular formula is C18H17NO2. The van der Waals surface area contributed by atoms with Gasteiger partial charge in [0.1, 0.15) is 6.61 Å². The number of rotatable bonds is 2. The van der Waals surface area contributed by atoms with Gasteiger partial charge >= 0.3 is 6.09 Å². The van der Waals surface area contributed by atoms with Crippen LogP contribution in [-0.4, -0.2) is 18.4 Å². The normalized spacial score (nSPS) is 12.5. The Morgan fingerprint density at radius 1 is 1.00 bits per heavy atom. The molecule has 21 heavy (non-hydrogen) atoms. The molecule has 0 aliphatic heterocycles. The van der Waals surface area contributed by atoms with E-state index >= 15 is 0 Å². The molecule has 3 rings (SSSR count). The van der Waals surface area contributed by atoms with E-state index in [9.17, 15) is 4.79 Å². The van der Waals surface area contributed by atoms with Gasteiger partial charge in [0.25, 0.3) is 0 Å². The Hall–Kier alpha value is -2.42. The molecule has 2 aromatic rings. The first-order valence-electron chi connectivity index (χ1n) is 7.03. The second kappa shape index (κ2) is 5.52. The molecule has 1 aliphatic carbocycles. The first-order chi connectivity index (χ1) is 10.2. The number of hydrogen-bond acceptors (Lipinski definition) is 2. The fourth-order valence-electron chi connectivity index (χ4n) is 2.81. The summed E-state index contributed by atoms with van der Waals surface area (Å²) in [7, 11) is 0. The highest BCUT2D eigenvalue weighted by atomic mass is 16.5. The molecule has 0 fully saturated rings. The van der Waals surface area contributed by atoms with Crippen LogP contribution in [0.15, 0.2) is 53.5 Å². The predicted molar refractivity (Wildman–Crippen MR) is 83.9 cm³/mol. The largest absolute Gasteiger partial charge is 0.447 e. The molecule has 106 valence electrons. The molecule has 0 bridgehead atoms. The summed E-state index contributed by atoms with van der Waals surface area (Å²) in [6.45, 7) is 3.88. The van der Waals surface area contributed by atoms with Crippen molar-refractivity contribution in [1.29, 1.82) is 0 Å². The van der Waals surface area contributed by atoms with Gasteiger partial charge < -0.3 is 4.74 Å². The summed E-state index contributed by atoms with van der Waals surface area (Å²) in [5.74, 6) is 0.0914.